The highest BCUT2D eigenvalue weighted by atomic mass is 16.3. The molecule has 0 saturated heterocycles. The second kappa shape index (κ2) is 13.9. The van der Waals surface area contributed by atoms with Crippen LogP contribution in [0.25, 0.3) is 77.6 Å². The summed E-state index contributed by atoms with van der Waals surface area (Å²) < 4.78 is 6.56. The van der Waals surface area contributed by atoms with Crippen LogP contribution in [-0.4, -0.2) is 0 Å². The van der Waals surface area contributed by atoms with Crippen molar-refractivity contribution in [3.05, 3.63) is 223 Å². The quantitative estimate of drug-likeness (QED) is 0.161. The Morgan fingerprint density at radius 1 is 0.373 bits per heavy atom. The lowest BCUT2D eigenvalue weighted by atomic mass is 9.81. The lowest BCUT2D eigenvalue weighted by Gasteiger charge is -2.31. The van der Waals surface area contributed by atoms with Gasteiger partial charge in [-0.1, -0.05) is 184 Å². The van der Waals surface area contributed by atoms with Crippen molar-refractivity contribution in [1.29, 1.82) is 0 Å². The Morgan fingerprint density at radius 2 is 0.932 bits per heavy atom. The summed E-state index contributed by atoms with van der Waals surface area (Å²) in [4.78, 5) is 2.46. The van der Waals surface area contributed by atoms with Crippen LogP contribution in [0.15, 0.2) is 217 Å². The second-order valence-corrected chi connectivity index (χ2v) is 16.0. The lowest BCUT2D eigenvalue weighted by Crippen LogP contribution is -2.15. The molecule has 0 saturated carbocycles. The molecule has 2 heteroatoms. The highest BCUT2D eigenvalue weighted by molar-refractivity contribution is 6.14. The molecule has 0 spiro atoms. The molecule has 0 N–H and O–H groups in total. The first kappa shape index (κ1) is 34.8. The zero-order valence-corrected chi connectivity index (χ0v) is 33.1. The van der Waals surface area contributed by atoms with Gasteiger partial charge in [-0.15, -0.1) is 0 Å². The van der Waals surface area contributed by atoms with Crippen LogP contribution in [0.1, 0.15) is 25.0 Å². The van der Waals surface area contributed by atoms with E-state index in [1.165, 1.54) is 44.5 Å². The Labute approximate surface area is 345 Å². The van der Waals surface area contributed by atoms with Gasteiger partial charge in [0.25, 0.3) is 0 Å². The highest BCUT2D eigenvalue weighted by Gasteiger charge is 2.35. The predicted octanol–water partition coefficient (Wildman–Crippen LogP) is 16.0. The predicted molar refractivity (Wildman–Crippen MR) is 248 cm³/mol. The first-order chi connectivity index (χ1) is 29.0. The summed E-state index contributed by atoms with van der Waals surface area (Å²) in [5, 5.41) is 2.17. The molecule has 280 valence electrons. The summed E-state index contributed by atoms with van der Waals surface area (Å²) in [7, 11) is 0. The third-order valence-corrected chi connectivity index (χ3v) is 12.3. The Morgan fingerprint density at radius 3 is 1.75 bits per heavy atom. The average Bonchev–Trinajstić information content (AvgIpc) is 3.79. The summed E-state index contributed by atoms with van der Waals surface area (Å²) in [6.45, 7) is 4.70. The van der Waals surface area contributed by atoms with Crippen molar-refractivity contribution in [3.8, 4) is 55.6 Å². The molecule has 59 heavy (non-hydrogen) atoms. The minimum Gasteiger partial charge on any atom is -0.456 e. The SMILES string of the molecule is CC1(C)c2ccccc2-c2ccc(-c3cccc(N(c4cccc(-c5ccccc5)c4-c4ccccc4-c4ccccc4)c4cccc5oc6ccccc6c45)c3)cc21. The van der Waals surface area contributed by atoms with E-state index in [0.717, 1.165) is 61.3 Å². The van der Waals surface area contributed by atoms with E-state index in [2.05, 4.69) is 225 Å². The van der Waals surface area contributed by atoms with E-state index in [9.17, 15) is 0 Å². The number of hydrogen-bond donors (Lipinski definition) is 0. The van der Waals surface area contributed by atoms with E-state index in [4.69, 9.17) is 4.42 Å². The van der Waals surface area contributed by atoms with Gasteiger partial charge in [-0.25, -0.2) is 0 Å². The van der Waals surface area contributed by atoms with Gasteiger partial charge in [0.1, 0.15) is 11.2 Å². The van der Waals surface area contributed by atoms with Crippen molar-refractivity contribution in [2.45, 2.75) is 19.3 Å². The summed E-state index contributed by atoms with van der Waals surface area (Å²) in [6, 6.07) is 76.9. The minimum atomic E-state index is -0.0948. The second-order valence-electron chi connectivity index (χ2n) is 16.0. The maximum Gasteiger partial charge on any atom is 0.137 e. The largest absolute Gasteiger partial charge is 0.456 e. The van der Waals surface area contributed by atoms with Crippen LogP contribution in [0, 0.1) is 0 Å². The minimum absolute atomic E-state index is 0.0948. The summed E-state index contributed by atoms with van der Waals surface area (Å²) in [6.07, 6.45) is 0. The average molecular weight is 756 g/mol. The zero-order valence-electron chi connectivity index (χ0n) is 33.1. The van der Waals surface area contributed by atoms with Crippen LogP contribution in [0.4, 0.5) is 17.1 Å². The van der Waals surface area contributed by atoms with Gasteiger partial charge in [0, 0.05) is 22.1 Å². The fourth-order valence-electron chi connectivity index (χ4n) is 9.50. The standard InChI is InChI=1S/C57H41NO/c1-57(2)49-29-13-11-25-45(49)46-35-34-41(37-50(46)57)40-22-15-23-42(36-40)58(52-31-17-33-54-56(52)48-27-12-14-32-53(48)59-54)51-30-16-28-44(39-20-7-4-8-21-39)55(51)47-26-10-9-24-43(47)38-18-5-3-6-19-38/h3-37H,1-2H3. The third-order valence-electron chi connectivity index (χ3n) is 12.3. The maximum absolute atomic E-state index is 6.56. The Balaban J connectivity index is 1.19. The zero-order chi connectivity index (χ0) is 39.5. The summed E-state index contributed by atoms with van der Waals surface area (Å²) in [5.74, 6) is 0. The summed E-state index contributed by atoms with van der Waals surface area (Å²) >= 11 is 0. The fourth-order valence-corrected chi connectivity index (χ4v) is 9.50. The maximum atomic E-state index is 6.56. The van der Waals surface area contributed by atoms with Gasteiger partial charge in [-0.05, 0) is 104 Å². The van der Waals surface area contributed by atoms with Crippen LogP contribution in [-0.2, 0) is 5.41 Å². The van der Waals surface area contributed by atoms with Crippen LogP contribution < -0.4 is 4.90 Å². The topological polar surface area (TPSA) is 16.4 Å². The van der Waals surface area contributed by atoms with E-state index >= 15 is 0 Å². The lowest BCUT2D eigenvalue weighted by molar-refractivity contribution is 0.660. The molecular formula is C57H41NO. The number of furan rings is 1. The first-order valence-corrected chi connectivity index (χ1v) is 20.4. The monoisotopic (exact) mass is 755 g/mol. The van der Waals surface area contributed by atoms with E-state index in [1.54, 1.807) is 0 Å². The fraction of sp³-hybridized carbons (Fsp3) is 0.0526. The van der Waals surface area contributed by atoms with Gasteiger partial charge in [0.15, 0.2) is 0 Å². The molecule has 0 amide bonds. The molecule has 1 aromatic heterocycles. The van der Waals surface area contributed by atoms with Crippen molar-refractivity contribution in [2.24, 2.45) is 0 Å². The molecule has 11 rings (SSSR count). The van der Waals surface area contributed by atoms with Crippen molar-refractivity contribution < 1.29 is 4.42 Å². The molecule has 0 atom stereocenters. The molecular weight excluding hydrogens is 715 g/mol. The number of nitrogens with zero attached hydrogens (tertiary/aromatic N) is 1. The van der Waals surface area contributed by atoms with Gasteiger partial charge in [0.05, 0.1) is 16.8 Å². The molecule has 10 aromatic rings. The van der Waals surface area contributed by atoms with E-state index in [-0.39, 0.29) is 5.41 Å². The Hall–Kier alpha value is -7.42. The van der Waals surface area contributed by atoms with Gasteiger partial charge < -0.3 is 9.32 Å². The van der Waals surface area contributed by atoms with Gasteiger partial charge in [0.2, 0.25) is 0 Å². The number of rotatable bonds is 7. The smallest absolute Gasteiger partial charge is 0.137 e. The molecule has 2 nitrogen and oxygen atoms in total. The Kier molecular flexibility index (Phi) is 8.20. The molecule has 0 unspecified atom stereocenters. The van der Waals surface area contributed by atoms with Crippen LogP contribution in [0.3, 0.4) is 0 Å². The number of anilines is 3. The van der Waals surface area contributed by atoms with Gasteiger partial charge in [-0.3, -0.25) is 0 Å². The van der Waals surface area contributed by atoms with Crippen molar-refractivity contribution in [2.75, 3.05) is 4.90 Å². The molecule has 1 aliphatic rings. The van der Waals surface area contributed by atoms with Crippen LogP contribution >= 0.6 is 0 Å². The highest BCUT2D eigenvalue weighted by Crippen LogP contribution is 2.52. The number of benzene rings is 9. The number of fused-ring (bicyclic) bond motifs is 6. The number of para-hydroxylation sites is 1. The van der Waals surface area contributed by atoms with Crippen molar-refractivity contribution in [3.63, 3.8) is 0 Å². The normalized spacial score (nSPS) is 12.7. The van der Waals surface area contributed by atoms with Crippen LogP contribution in [0.2, 0.25) is 0 Å². The molecule has 1 heterocycles. The summed E-state index contributed by atoms with van der Waals surface area (Å²) in [5.41, 5.74) is 19.6. The molecule has 0 bridgehead atoms. The molecule has 0 radical (unpaired) electrons. The van der Waals surface area contributed by atoms with E-state index < -0.39 is 0 Å². The van der Waals surface area contributed by atoms with Crippen molar-refractivity contribution in [1.82, 2.24) is 0 Å². The third kappa shape index (κ3) is 5.71. The van der Waals surface area contributed by atoms with Gasteiger partial charge >= 0.3 is 0 Å². The van der Waals surface area contributed by atoms with Gasteiger partial charge in [-0.2, -0.15) is 0 Å². The first-order valence-electron chi connectivity index (χ1n) is 20.4. The molecule has 0 fully saturated rings. The molecule has 9 aromatic carbocycles. The molecule has 1 aliphatic carbocycles. The number of hydrogen-bond acceptors (Lipinski definition) is 2. The van der Waals surface area contributed by atoms with E-state index in [0.29, 0.717) is 0 Å². The van der Waals surface area contributed by atoms with E-state index in [1.807, 2.05) is 6.07 Å². The molecule has 0 aliphatic heterocycles. The van der Waals surface area contributed by atoms with Crippen LogP contribution in [0.5, 0.6) is 0 Å². The van der Waals surface area contributed by atoms with Crippen molar-refractivity contribution >= 4 is 39.0 Å². The Bertz CT molecular complexity index is 3190.